The van der Waals surface area contributed by atoms with Crippen LogP contribution in [0.2, 0.25) is 0 Å². The van der Waals surface area contributed by atoms with Crippen molar-refractivity contribution in [1.29, 1.82) is 0 Å². The van der Waals surface area contributed by atoms with Gasteiger partial charge in [0.25, 0.3) is 5.69 Å². The molecule has 1 N–H and O–H groups in total. The van der Waals surface area contributed by atoms with Crippen LogP contribution in [0.15, 0.2) is 18.2 Å². The molecule has 5 heteroatoms. The number of non-ortho nitro benzene ring substituents is 1. The van der Waals surface area contributed by atoms with Gasteiger partial charge >= 0.3 is 0 Å². The summed E-state index contributed by atoms with van der Waals surface area (Å²) in [6.45, 7) is 0. The third-order valence-corrected chi connectivity index (χ3v) is 4.24. The average molecular weight is 250 g/mol. The lowest BCUT2D eigenvalue weighted by atomic mass is 9.95. The number of nitrogens with one attached hydrogen (secondary N) is 1. The van der Waals surface area contributed by atoms with Crippen LogP contribution in [0.3, 0.4) is 0 Å². The van der Waals surface area contributed by atoms with E-state index >= 15 is 0 Å². The molecule has 0 spiro atoms. The van der Waals surface area contributed by atoms with Crippen molar-refractivity contribution < 1.29 is 9.31 Å². The smallest absolute Gasteiger partial charge is 0.272 e. The van der Waals surface area contributed by atoms with Crippen molar-refractivity contribution in [2.24, 2.45) is 11.8 Å². The Morgan fingerprint density at radius 2 is 2.17 bits per heavy atom. The number of fused-ring (bicyclic) bond motifs is 2. The minimum atomic E-state index is -0.579. The highest BCUT2D eigenvalue weighted by atomic mass is 19.1. The number of halogens is 1. The first-order valence-electron chi connectivity index (χ1n) is 6.34. The molecule has 2 bridgehead atoms. The molecule has 1 aromatic carbocycles. The van der Waals surface area contributed by atoms with E-state index < -0.39 is 10.7 Å². The molecule has 96 valence electrons. The minimum Gasteiger partial charge on any atom is -0.380 e. The zero-order valence-electron chi connectivity index (χ0n) is 9.93. The second-order valence-corrected chi connectivity index (χ2v) is 5.35. The molecule has 18 heavy (non-hydrogen) atoms. The van der Waals surface area contributed by atoms with Gasteiger partial charge in [-0.2, -0.15) is 0 Å². The van der Waals surface area contributed by atoms with E-state index in [0.717, 1.165) is 18.4 Å². The molecule has 3 rings (SSSR count). The van der Waals surface area contributed by atoms with E-state index in [1.807, 2.05) is 0 Å². The van der Waals surface area contributed by atoms with Crippen molar-refractivity contribution in [3.63, 3.8) is 0 Å². The van der Waals surface area contributed by atoms with Crippen LogP contribution in [-0.2, 0) is 0 Å². The first kappa shape index (κ1) is 11.4. The van der Waals surface area contributed by atoms with Gasteiger partial charge in [0, 0.05) is 12.1 Å². The number of nitro groups is 1. The summed E-state index contributed by atoms with van der Waals surface area (Å²) in [6, 6.07) is 4.13. The largest absolute Gasteiger partial charge is 0.380 e. The van der Waals surface area contributed by atoms with Gasteiger partial charge in [0.05, 0.1) is 16.7 Å². The number of hydrogen-bond acceptors (Lipinski definition) is 3. The molecule has 0 aromatic heterocycles. The van der Waals surface area contributed by atoms with Crippen LogP contribution in [0.25, 0.3) is 0 Å². The maximum absolute atomic E-state index is 13.7. The Labute approximate surface area is 104 Å². The molecule has 0 heterocycles. The Bertz CT molecular complexity index is 492. The van der Waals surface area contributed by atoms with E-state index in [1.54, 1.807) is 0 Å². The Balaban J connectivity index is 1.75. The average Bonchev–Trinajstić information content (AvgIpc) is 2.93. The van der Waals surface area contributed by atoms with Gasteiger partial charge in [-0.3, -0.25) is 10.1 Å². The SMILES string of the molecule is O=[N+]([O-])c1ccc(NC2CC3CCC2C3)c(F)c1. The van der Waals surface area contributed by atoms with Crippen molar-refractivity contribution in [2.45, 2.75) is 31.7 Å². The number of nitro benzene ring substituents is 1. The number of hydrogen-bond donors (Lipinski definition) is 1. The molecule has 1 aromatic rings. The minimum absolute atomic E-state index is 0.203. The lowest BCUT2D eigenvalue weighted by Crippen LogP contribution is -2.26. The number of nitrogens with zero attached hydrogens (tertiary/aromatic N) is 1. The van der Waals surface area contributed by atoms with E-state index in [-0.39, 0.29) is 5.69 Å². The first-order valence-corrected chi connectivity index (χ1v) is 6.34. The van der Waals surface area contributed by atoms with Gasteiger partial charge in [-0.05, 0) is 37.2 Å². The summed E-state index contributed by atoms with van der Waals surface area (Å²) in [6.07, 6.45) is 4.86. The number of rotatable bonds is 3. The Hall–Kier alpha value is -1.65. The van der Waals surface area contributed by atoms with E-state index in [2.05, 4.69) is 5.32 Å². The summed E-state index contributed by atoms with van der Waals surface area (Å²) in [5.74, 6) is 0.894. The monoisotopic (exact) mass is 250 g/mol. The molecule has 0 amide bonds. The summed E-state index contributed by atoms with van der Waals surface area (Å²) in [5, 5.41) is 13.7. The third kappa shape index (κ3) is 1.94. The maximum atomic E-state index is 13.7. The highest BCUT2D eigenvalue weighted by Gasteiger charge is 2.39. The number of anilines is 1. The molecule has 0 aliphatic heterocycles. The summed E-state index contributed by atoms with van der Waals surface area (Å²) >= 11 is 0. The third-order valence-electron chi connectivity index (χ3n) is 4.24. The molecule has 2 aliphatic carbocycles. The van der Waals surface area contributed by atoms with Gasteiger partial charge in [-0.25, -0.2) is 4.39 Å². The van der Waals surface area contributed by atoms with Gasteiger partial charge in [0.2, 0.25) is 0 Å². The van der Waals surface area contributed by atoms with Gasteiger partial charge in [0.1, 0.15) is 0 Å². The predicted octanol–water partition coefficient (Wildman–Crippen LogP) is 3.33. The maximum Gasteiger partial charge on any atom is 0.272 e. The van der Waals surface area contributed by atoms with Crippen LogP contribution < -0.4 is 5.32 Å². The number of benzene rings is 1. The summed E-state index contributed by atoms with van der Waals surface area (Å²) in [5.41, 5.74) is 0.184. The highest BCUT2D eigenvalue weighted by Crippen LogP contribution is 2.45. The van der Waals surface area contributed by atoms with Gasteiger partial charge in [0.15, 0.2) is 5.82 Å². The molecule has 2 fully saturated rings. The van der Waals surface area contributed by atoms with Gasteiger partial charge in [-0.15, -0.1) is 0 Å². The molecule has 3 unspecified atom stereocenters. The fourth-order valence-corrected chi connectivity index (χ4v) is 3.36. The molecule has 0 saturated heterocycles. The molecule has 2 saturated carbocycles. The fourth-order valence-electron chi connectivity index (χ4n) is 3.36. The van der Waals surface area contributed by atoms with Crippen LogP contribution in [0.1, 0.15) is 25.7 Å². The fraction of sp³-hybridized carbons (Fsp3) is 0.538. The van der Waals surface area contributed by atoms with E-state index in [9.17, 15) is 14.5 Å². The molecule has 2 aliphatic rings. The lowest BCUT2D eigenvalue weighted by Gasteiger charge is -2.24. The van der Waals surface area contributed by atoms with Crippen molar-refractivity contribution in [3.05, 3.63) is 34.1 Å². The zero-order chi connectivity index (χ0) is 12.7. The van der Waals surface area contributed by atoms with Crippen LogP contribution in [0, 0.1) is 27.8 Å². The van der Waals surface area contributed by atoms with E-state index in [4.69, 9.17) is 0 Å². The Kier molecular flexibility index (Phi) is 2.69. The molecule has 0 radical (unpaired) electrons. The second-order valence-electron chi connectivity index (χ2n) is 5.35. The zero-order valence-corrected chi connectivity index (χ0v) is 9.93. The highest BCUT2D eigenvalue weighted by molar-refractivity contribution is 5.51. The van der Waals surface area contributed by atoms with Gasteiger partial charge in [-0.1, -0.05) is 6.42 Å². The van der Waals surface area contributed by atoms with Crippen LogP contribution >= 0.6 is 0 Å². The van der Waals surface area contributed by atoms with Crippen molar-refractivity contribution >= 4 is 11.4 Å². The van der Waals surface area contributed by atoms with Crippen molar-refractivity contribution in [1.82, 2.24) is 0 Å². The van der Waals surface area contributed by atoms with Crippen LogP contribution in [0.4, 0.5) is 15.8 Å². The van der Waals surface area contributed by atoms with Crippen LogP contribution in [-0.4, -0.2) is 11.0 Å². The van der Waals surface area contributed by atoms with Crippen molar-refractivity contribution in [3.8, 4) is 0 Å². The molecule has 4 nitrogen and oxygen atoms in total. The summed E-state index contributed by atoms with van der Waals surface area (Å²) in [7, 11) is 0. The topological polar surface area (TPSA) is 55.2 Å². The predicted molar refractivity (Wildman–Crippen MR) is 65.9 cm³/mol. The first-order chi connectivity index (χ1) is 8.63. The Morgan fingerprint density at radius 3 is 2.72 bits per heavy atom. The molecule has 3 atom stereocenters. The normalized spacial score (nSPS) is 29.5. The molecular formula is C13H15FN2O2. The van der Waals surface area contributed by atoms with E-state index in [0.29, 0.717) is 17.6 Å². The quantitative estimate of drug-likeness (QED) is 0.661. The van der Waals surface area contributed by atoms with Crippen LogP contribution in [0.5, 0.6) is 0 Å². The molecular weight excluding hydrogens is 235 g/mol. The Morgan fingerprint density at radius 1 is 1.33 bits per heavy atom. The van der Waals surface area contributed by atoms with Crippen molar-refractivity contribution in [2.75, 3.05) is 5.32 Å². The van der Waals surface area contributed by atoms with Gasteiger partial charge < -0.3 is 5.32 Å². The standard InChI is InChI=1S/C13H15FN2O2/c14-11-7-10(16(17)18)3-4-12(11)15-13-6-8-1-2-9(13)5-8/h3-4,7-9,13,15H,1-2,5-6H2. The second kappa shape index (κ2) is 4.23. The lowest BCUT2D eigenvalue weighted by molar-refractivity contribution is -0.385. The summed E-state index contributed by atoms with van der Waals surface area (Å²) in [4.78, 5) is 9.95. The van der Waals surface area contributed by atoms with E-state index in [1.165, 1.54) is 31.4 Å². The summed E-state index contributed by atoms with van der Waals surface area (Å²) < 4.78 is 13.7.